The number of guanidine groups is 1. The van der Waals surface area contributed by atoms with E-state index in [1.807, 2.05) is 18.8 Å². The Bertz CT molecular complexity index is 433. The Kier molecular flexibility index (Phi) is 6.04. The number of thiophene rings is 1. The van der Waals surface area contributed by atoms with Crippen molar-refractivity contribution in [1.82, 2.24) is 10.6 Å². The van der Waals surface area contributed by atoms with E-state index < -0.39 is 0 Å². The highest BCUT2D eigenvalue weighted by molar-refractivity contribution is 9.11. The quantitative estimate of drug-likeness (QED) is 0.636. The van der Waals surface area contributed by atoms with Gasteiger partial charge in [0, 0.05) is 23.2 Å². The van der Waals surface area contributed by atoms with Crippen molar-refractivity contribution in [3.8, 4) is 0 Å². The van der Waals surface area contributed by atoms with Crippen molar-refractivity contribution in [2.24, 2.45) is 4.99 Å². The molecule has 0 amide bonds. The van der Waals surface area contributed by atoms with Crippen LogP contribution in [0.15, 0.2) is 20.9 Å². The van der Waals surface area contributed by atoms with Crippen molar-refractivity contribution in [3.05, 3.63) is 20.8 Å². The molecule has 1 heterocycles. The lowest BCUT2D eigenvalue weighted by Gasteiger charge is -2.17. The Balaban J connectivity index is 1.78. The van der Waals surface area contributed by atoms with Crippen LogP contribution in [0.3, 0.4) is 0 Å². The molecule has 19 heavy (non-hydrogen) atoms. The molecule has 1 aliphatic carbocycles. The second-order valence-electron chi connectivity index (χ2n) is 4.64. The van der Waals surface area contributed by atoms with Crippen LogP contribution in [0.2, 0.25) is 0 Å². The highest BCUT2D eigenvalue weighted by atomic mass is 79.9. The van der Waals surface area contributed by atoms with Crippen LogP contribution in [-0.4, -0.2) is 30.6 Å². The summed E-state index contributed by atoms with van der Waals surface area (Å²) in [4.78, 5) is 5.61. The largest absolute Gasteiger partial charge is 0.354 e. The van der Waals surface area contributed by atoms with E-state index >= 15 is 0 Å². The summed E-state index contributed by atoms with van der Waals surface area (Å²) in [6.45, 7) is 0.828. The number of hydrogen-bond acceptors (Lipinski definition) is 3. The van der Waals surface area contributed by atoms with E-state index in [2.05, 4.69) is 49.9 Å². The predicted molar refractivity (Wildman–Crippen MR) is 90.3 cm³/mol. The van der Waals surface area contributed by atoms with Crippen LogP contribution >= 0.6 is 39.0 Å². The van der Waals surface area contributed by atoms with E-state index in [0.29, 0.717) is 6.04 Å². The summed E-state index contributed by atoms with van der Waals surface area (Å²) < 4.78 is 1.17. The molecule has 106 valence electrons. The van der Waals surface area contributed by atoms with Gasteiger partial charge < -0.3 is 10.6 Å². The molecule has 1 aromatic rings. The zero-order valence-electron chi connectivity index (χ0n) is 11.3. The first-order chi connectivity index (χ1) is 9.21. The lowest BCUT2D eigenvalue weighted by Crippen LogP contribution is -2.42. The molecule has 1 aromatic heterocycles. The molecule has 2 atom stereocenters. The average Bonchev–Trinajstić information content (AvgIpc) is 3.03. The molecule has 0 saturated heterocycles. The number of halogens is 1. The van der Waals surface area contributed by atoms with Crippen molar-refractivity contribution >= 4 is 45.0 Å². The minimum atomic E-state index is 0.568. The molecule has 3 nitrogen and oxygen atoms in total. The van der Waals surface area contributed by atoms with Crippen molar-refractivity contribution < 1.29 is 0 Å². The van der Waals surface area contributed by atoms with Crippen molar-refractivity contribution in [2.75, 3.05) is 13.3 Å². The third kappa shape index (κ3) is 4.68. The van der Waals surface area contributed by atoms with Gasteiger partial charge in [0.1, 0.15) is 0 Å². The van der Waals surface area contributed by atoms with Gasteiger partial charge >= 0.3 is 0 Å². The average molecular weight is 362 g/mol. The van der Waals surface area contributed by atoms with Crippen LogP contribution in [-0.2, 0) is 6.54 Å². The molecular weight excluding hydrogens is 342 g/mol. The van der Waals surface area contributed by atoms with E-state index in [-0.39, 0.29) is 0 Å². The van der Waals surface area contributed by atoms with Gasteiger partial charge in [0.2, 0.25) is 0 Å². The van der Waals surface area contributed by atoms with Crippen LogP contribution in [0, 0.1) is 0 Å². The topological polar surface area (TPSA) is 36.4 Å². The van der Waals surface area contributed by atoms with Crippen molar-refractivity contribution in [3.63, 3.8) is 0 Å². The number of nitrogens with one attached hydrogen (secondary N) is 2. The highest BCUT2D eigenvalue weighted by Crippen LogP contribution is 2.28. The fourth-order valence-corrected chi connectivity index (χ4v) is 4.51. The molecule has 0 spiro atoms. The molecule has 0 bridgehead atoms. The van der Waals surface area contributed by atoms with Gasteiger partial charge in [-0.15, -0.1) is 11.3 Å². The number of rotatable bonds is 4. The summed E-state index contributed by atoms with van der Waals surface area (Å²) in [7, 11) is 1.83. The Morgan fingerprint density at radius 1 is 1.53 bits per heavy atom. The normalized spacial score (nSPS) is 23.6. The maximum atomic E-state index is 4.30. The number of hydrogen-bond donors (Lipinski definition) is 2. The molecule has 2 unspecified atom stereocenters. The first-order valence-electron chi connectivity index (χ1n) is 6.45. The summed E-state index contributed by atoms with van der Waals surface area (Å²) in [6, 6.07) is 4.78. The molecule has 1 saturated carbocycles. The molecule has 2 N–H and O–H groups in total. The molecule has 0 aliphatic heterocycles. The maximum Gasteiger partial charge on any atom is 0.191 e. The Morgan fingerprint density at radius 2 is 2.37 bits per heavy atom. The lowest BCUT2D eigenvalue weighted by molar-refractivity contribution is 0.615. The minimum absolute atomic E-state index is 0.568. The lowest BCUT2D eigenvalue weighted by atomic mass is 10.2. The van der Waals surface area contributed by atoms with E-state index in [1.54, 1.807) is 11.3 Å². The van der Waals surface area contributed by atoms with E-state index in [0.717, 1.165) is 17.8 Å². The van der Waals surface area contributed by atoms with Gasteiger partial charge in [0.25, 0.3) is 0 Å². The molecule has 1 fully saturated rings. The first-order valence-corrected chi connectivity index (χ1v) is 9.35. The van der Waals surface area contributed by atoms with Crippen molar-refractivity contribution in [2.45, 2.75) is 37.1 Å². The van der Waals surface area contributed by atoms with Gasteiger partial charge in [-0.25, -0.2) is 0 Å². The highest BCUT2D eigenvalue weighted by Gasteiger charge is 2.24. The molecule has 0 radical (unpaired) electrons. The van der Waals surface area contributed by atoms with Gasteiger partial charge in [0.05, 0.1) is 10.3 Å². The predicted octanol–water partition coefficient (Wildman–Crippen LogP) is 3.46. The van der Waals surface area contributed by atoms with Gasteiger partial charge in [-0.2, -0.15) is 11.8 Å². The van der Waals surface area contributed by atoms with Crippen LogP contribution in [0.5, 0.6) is 0 Å². The Hall–Kier alpha value is -0.200. The SMILES string of the molecule is CN=C(NCc1ccc(Br)s1)NC1CCC(SC)C1. The minimum Gasteiger partial charge on any atom is -0.354 e. The standard InChI is InChI=1S/C13H20BrN3S2/c1-15-13(16-8-11-5-6-12(14)19-11)17-9-3-4-10(7-9)18-2/h5-6,9-10H,3-4,7-8H2,1-2H3,(H2,15,16,17). The monoisotopic (exact) mass is 361 g/mol. The van der Waals surface area contributed by atoms with Crippen molar-refractivity contribution in [1.29, 1.82) is 0 Å². The number of aliphatic imine (C=N–C) groups is 1. The third-order valence-corrected chi connectivity index (χ3v) is 6.06. The Morgan fingerprint density at radius 3 is 2.95 bits per heavy atom. The van der Waals surface area contributed by atoms with Crippen LogP contribution in [0.1, 0.15) is 24.1 Å². The summed E-state index contributed by atoms with van der Waals surface area (Å²) in [5, 5.41) is 7.72. The maximum absolute atomic E-state index is 4.30. The van der Waals surface area contributed by atoms with E-state index in [9.17, 15) is 0 Å². The number of nitrogens with zero attached hydrogens (tertiary/aromatic N) is 1. The Labute approximate surface area is 131 Å². The summed E-state index contributed by atoms with van der Waals surface area (Å²) in [6.07, 6.45) is 6.01. The second-order valence-corrected chi connectivity index (χ2v) is 8.33. The van der Waals surface area contributed by atoms with Gasteiger partial charge in [-0.3, -0.25) is 4.99 Å². The van der Waals surface area contributed by atoms with Gasteiger partial charge in [-0.1, -0.05) is 0 Å². The molecule has 2 rings (SSSR count). The van der Waals surface area contributed by atoms with Gasteiger partial charge in [0.15, 0.2) is 5.96 Å². The fraction of sp³-hybridized carbons (Fsp3) is 0.615. The van der Waals surface area contributed by atoms with Crippen LogP contribution < -0.4 is 10.6 Å². The third-order valence-electron chi connectivity index (χ3n) is 3.34. The molecule has 6 heteroatoms. The summed E-state index contributed by atoms with van der Waals surface area (Å²) in [5.74, 6) is 0.913. The fourth-order valence-electron chi connectivity index (χ4n) is 2.29. The number of thioether (sulfide) groups is 1. The molecular formula is C13H20BrN3S2. The van der Waals surface area contributed by atoms with Crippen LogP contribution in [0.4, 0.5) is 0 Å². The second kappa shape index (κ2) is 7.55. The smallest absolute Gasteiger partial charge is 0.191 e. The zero-order chi connectivity index (χ0) is 13.7. The zero-order valence-corrected chi connectivity index (χ0v) is 14.5. The first kappa shape index (κ1) is 15.2. The summed E-state index contributed by atoms with van der Waals surface area (Å²) in [5.41, 5.74) is 0. The summed E-state index contributed by atoms with van der Waals surface area (Å²) >= 11 is 7.22. The van der Waals surface area contributed by atoms with E-state index in [4.69, 9.17) is 0 Å². The van der Waals surface area contributed by atoms with Gasteiger partial charge in [-0.05, 0) is 53.6 Å². The van der Waals surface area contributed by atoms with Crippen LogP contribution in [0.25, 0.3) is 0 Å². The molecule has 0 aromatic carbocycles. The van der Waals surface area contributed by atoms with E-state index in [1.165, 1.54) is 27.9 Å². The molecule has 1 aliphatic rings.